The molecule has 3 N–H and O–H groups in total. The van der Waals surface area contributed by atoms with Crippen LogP contribution in [0.4, 0.5) is 5.82 Å². The largest absolute Gasteiger partial charge is 0.381 e. The molecule has 0 spiro atoms. The molecule has 12 heteroatoms. The molecule has 0 radical (unpaired) electrons. The van der Waals surface area contributed by atoms with Gasteiger partial charge in [-0.1, -0.05) is 29.3 Å². The fraction of sp³-hybridized carbons (Fsp3) is 0.0741. The molecule has 0 saturated heterocycles. The van der Waals surface area contributed by atoms with Crippen LogP contribution in [0, 0.1) is 11.8 Å². The van der Waals surface area contributed by atoms with Crippen LogP contribution in [0.1, 0.15) is 40.4 Å². The molecule has 0 aliphatic carbocycles. The van der Waals surface area contributed by atoms with Crippen molar-refractivity contribution in [3.8, 4) is 17.5 Å². The summed E-state index contributed by atoms with van der Waals surface area (Å²) in [4.78, 5) is 39.9. The number of pyridine rings is 1. The maximum absolute atomic E-state index is 13.9. The van der Waals surface area contributed by atoms with Crippen LogP contribution in [0.5, 0.6) is 0 Å². The number of hydrogen-bond donors (Lipinski definition) is 2. The lowest BCUT2D eigenvalue weighted by Crippen LogP contribution is -2.33. The van der Waals surface area contributed by atoms with Crippen molar-refractivity contribution < 1.29 is 9.32 Å². The van der Waals surface area contributed by atoms with Crippen molar-refractivity contribution >= 4 is 28.5 Å². The fourth-order valence-corrected chi connectivity index (χ4v) is 4.14. The summed E-state index contributed by atoms with van der Waals surface area (Å²) in [6.07, 6.45) is 6.42. The third-order valence-corrected chi connectivity index (χ3v) is 5.94. The zero-order valence-electron chi connectivity index (χ0n) is 20.4. The zero-order valence-corrected chi connectivity index (χ0v) is 20.4. The van der Waals surface area contributed by atoms with Gasteiger partial charge in [0.15, 0.2) is 17.2 Å². The molecule has 0 aliphatic heterocycles. The third kappa shape index (κ3) is 4.23. The predicted molar refractivity (Wildman–Crippen MR) is 141 cm³/mol. The summed E-state index contributed by atoms with van der Waals surface area (Å²) in [7, 11) is 0. The smallest absolute Gasteiger partial charge is 0.272 e. The summed E-state index contributed by atoms with van der Waals surface area (Å²) in [6.45, 7) is 1.70. The predicted octanol–water partition coefficient (Wildman–Crippen LogP) is 2.28. The van der Waals surface area contributed by atoms with Crippen LogP contribution in [0.2, 0.25) is 0 Å². The van der Waals surface area contributed by atoms with E-state index in [1.54, 1.807) is 68.0 Å². The van der Waals surface area contributed by atoms with Crippen LogP contribution in [0.15, 0.2) is 82.6 Å². The number of hydrogen-bond acceptors (Lipinski definition) is 9. The molecule has 12 nitrogen and oxygen atoms in total. The van der Waals surface area contributed by atoms with Gasteiger partial charge in [0.05, 0.1) is 11.7 Å². The highest BCUT2D eigenvalue weighted by atomic mass is 16.5. The number of benzene rings is 1. The molecule has 0 aliphatic rings. The summed E-state index contributed by atoms with van der Waals surface area (Å²) < 4.78 is 8.23. The van der Waals surface area contributed by atoms with E-state index in [-0.39, 0.29) is 34.0 Å². The van der Waals surface area contributed by atoms with Crippen LogP contribution in [-0.2, 0) is 0 Å². The van der Waals surface area contributed by atoms with Gasteiger partial charge in [0.1, 0.15) is 16.8 Å². The molecule has 0 unspecified atom stereocenters. The number of fused-ring (bicyclic) bond motifs is 2. The topological polar surface area (TPSA) is 159 Å². The SMILES string of the molecule is C[C@H](NC(=O)c1c(N)nn2cccnc12)c1nc2onc(C#Cc3ccncc3)c2c(=O)n1-c1ccccc1. The number of aromatic nitrogens is 7. The van der Waals surface area contributed by atoms with E-state index in [1.165, 1.54) is 15.3 Å². The Labute approximate surface area is 220 Å². The third-order valence-electron chi connectivity index (χ3n) is 5.94. The van der Waals surface area contributed by atoms with Gasteiger partial charge in [-0.15, -0.1) is 5.10 Å². The van der Waals surface area contributed by atoms with E-state index in [0.29, 0.717) is 16.9 Å². The fourth-order valence-electron chi connectivity index (χ4n) is 4.14. The molecular weight excluding hydrogens is 498 g/mol. The number of rotatable bonds is 4. The highest BCUT2D eigenvalue weighted by Gasteiger charge is 2.26. The average Bonchev–Trinajstić information content (AvgIpc) is 3.52. The van der Waals surface area contributed by atoms with Gasteiger partial charge in [0.25, 0.3) is 17.2 Å². The van der Waals surface area contributed by atoms with Crippen molar-refractivity contribution in [2.24, 2.45) is 0 Å². The molecule has 0 saturated carbocycles. The molecule has 39 heavy (non-hydrogen) atoms. The Balaban J connectivity index is 1.45. The Hall–Kier alpha value is -5.83. The van der Waals surface area contributed by atoms with Crippen molar-refractivity contribution in [3.63, 3.8) is 0 Å². The summed E-state index contributed by atoms with van der Waals surface area (Å²) in [5.74, 6) is 5.57. The number of nitrogens with zero attached hydrogens (tertiary/aromatic N) is 7. The van der Waals surface area contributed by atoms with Crippen molar-refractivity contribution in [2.45, 2.75) is 13.0 Å². The molecule has 1 amide bonds. The molecular formula is C27H19N9O3. The molecule has 0 fully saturated rings. The maximum atomic E-state index is 13.9. The molecule has 6 aromatic rings. The van der Waals surface area contributed by atoms with Crippen LogP contribution >= 0.6 is 0 Å². The van der Waals surface area contributed by atoms with Crippen molar-refractivity contribution in [3.05, 3.63) is 106 Å². The first-order valence-corrected chi connectivity index (χ1v) is 11.8. The van der Waals surface area contributed by atoms with Crippen LogP contribution < -0.4 is 16.6 Å². The Morgan fingerprint density at radius 2 is 1.87 bits per heavy atom. The van der Waals surface area contributed by atoms with E-state index in [4.69, 9.17) is 10.3 Å². The minimum Gasteiger partial charge on any atom is -0.381 e. The second-order valence-corrected chi connectivity index (χ2v) is 8.49. The van der Waals surface area contributed by atoms with Crippen LogP contribution in [-0.4, -0.2) is 40.2 Å². The number of nitrogen functional groups attached to an aromatic ring is 1. The second kappa shape index (κ2) is 9.56. The van der Waals surface area contributed by atoms with Gasteiger partial charge in [-0.3, -0.25) is 19.1 Å². The van der Waals surface area contributed by atoms with Gasteiger partial charge in [-0.2, -0.15) is 4.98 Å². The number of carbonyl (C=O) groups excluding carboxylic acids is 1. The van der Waals surface area contributed by atoms with Gasteiger partial charge in [0.2, 0.25) is 0 Å². The van der Waals surface area contributed by atoms with Gasteiger partial charge in [-0.05, 0) is 43.2 Å². The Morgan fingerprint density at radius 3 is 2.67 bits per heavy atom. The summed E-state index contributed by atoms with van der Waals surface area (Å²) in [5.41, 5.74) is 7.38. The minimum absolute atomic E-state index is 0.000489. The lowest BCUT2D eigenvalue weighted by atomic mass is 10.2. The van der Waals surface area contributed by atoms with E-state index >= 15 is 0 Å². The molecule has 5 heterocycles. The van der Waals surface area contributed by atoms with Gasteiger partial charge in [0, 0.05) is 30.4 Å². The Morgan fingerprint density at radius 1 is 1.08 bits per heavy atom. The number of nitrogens with one attached hydrogen (secondary N) is 1. The van der Waals surface area contributed by atoms with Gasteiger partial charge >= 0.3 is 0 Å². The van der Waals surface area contributed by atoms with Crippen molar-refractivity contribution in [1.82, 2.24) is 39.6 Å². The van der Waals surface area contributed by atoms with E-state index < -0.39 is 17.5 Å². The first-order chi connectivity index (χ1) is 19.0. The van der Waals surface area contributed by atoms with Crippen molar-refractivity contribution in [2.75, 3.05) is 5.73 Å². The molecule has 6 rings (SSSR count). The zero-order chi connectivity index (χ0) is 26.9. The molecule has 5 aromatic heterocycles. The number of carbonyl (C=O) groups is 1. The van der Waals surface area contributed by atoms with Gasteiger partial charge in [-0.25, -0.2) is 9.50 Å². The number of nitrogens with two attached hydrogens (primary N) is 1. The molecule has 0 bridgehead atoms. The molecule has 1 aromatic carbocycles. The van der Waals surface area contributed by atoms with E-state index in [9.17, 15) is 9.59 Å². The summed E-state index contributed by atoms with van der Waals surface area (Å²) in [5, 5.41) is 11.1. The first kappa shape index (κ1) is 23.6. The lowest BCUT2D eigenvalue weighted by molar-refractivity contribution is 0.0940. The minimum atomic E-state index is -0.760. The number of anilines is 1. The number of amides is 1. The standard InChI is InChI=1S/C27H19N9O3/c1-16(31-25(37)21-22(28)33-35-15-5-12-30-24(21)35)23-32-26-20(27(38)36(23)18-6-3-2-4-7-18)19(34-39-26)9-8-17-10-13-29-14-11-17/h2-7,10-16H,1H3,(H2,28,33)(H,31,37)/t16-/m0/s1. The van der Waals surface area contributed by atoms with E-state index in [2.05, 4.69) is 42.4 Å². The summed E-state index contributed by atoms with van der Waals surface area (Å²) in [6, 6.07) is 13.3. The molecule has 190 valence electrons. The molecule has 1 atom stereocenters. The quantitative estimate of drug-likeness (QED) is 0.335. The normalized spacial score (nSPS) is 11.7. The average molecular weight is 518 g/mol. The highest BCUT2D eigenvalue weighted by molar-refractivity contribution is 6.04. The summed E-state index contributed by atoms with van der Waals surface area (Å²) >= 11 is 0. The number of para-hydroxylation sites is 1. The van der Waals surface area contributed by atoms with Crippen LogP contribution in [0.25, 0.3) is 22.4 Å². The lowest BCUT2D eigenvalue weighted by Gasteiger charge is -2.18. The maximum Gasteiger partial charge on any atom is 0.272 e. The Kier molecular flexibility index (Phi) is 5.78. The van der Waals surface area contributed by atoms with E-state index in [1.807, 2.05) is 6.07 Å². The van der Waals surface area contributed by atoms with Crippen LogP contribution in [0.3, 0.4) is 0 Å². The second-order valence-electron chi connectivity index (χ2n) is 8.49. The van der Waals surface area contributed by atoms with Gasteiger partial charge < -0.3 is 15.6 Å². The van der Waals surface area contributed by atoms with E-state index in [0.717, 1.165) is 0 Å². The van der Waals surface area contributed by atoms with Crippen molar-refractivity contribution in [1.29, 1.82) is 0 Å². The highest BCUT2D eigenvalue weighted by Crippen LogP contribution is 2.22. The first-order valence-electron chi connectivity index (χ1n) is 11.8. The Bertz CT molecular complexity index is 1970. The monoisotopic (exact) mass is 517 g/mol.